The van der Waals surface area contributed by atoms with Crippen molar-refractivity contribution in [2.75, 3.05) is 26.7 Å². The van der Waals surface area contributed by atoms with Crippen molar-refractivity contribution in [1.29, 1.82) is 0 Å². The molecule has 1 heterocycles. The van der Waals surface area contributed by atoms with E-state index in [1.807, 2.05) is 42.5 Å². The highest BCUT2D eigenvalue weighted by atomic mass is 16.5. The van der Waals surface area contributed by atoms with Gasteiger partial charge in [0.2, 0.25) is 0 Å². The minimum absolute atomic E-state index is 0.117. The molecule has 2 N–H and O–H groups in total. The number of benzene rings is 2. The minimum Gasteiger partial charge on any atom is -0.497 e. The van der Waals surface area contributed by atoms with Crippen LogP contribution in [0.2, 0.25) is 0 Å². The van der Waals surface area contributed by atoms with Crippen LogP contribution in [0.25, 0.3) is 0 Å². The lowest BCUT2D eigenvalue weighted by atomic mass is 9.98. The predicted molar refractivity (Wildman–Crippen MR) is 103 cm³/mol. The van der Waals surface area contributed by atoms with Crippen molar-refractivity contribution in [2.45, 2.75) is 31.7 Å². The zero-order chi connectivity index (χ0) is 18.2. The Labute approximate surface area is 156 Å². The number of methoxy groups -OCH3 is 1. The van der Waals surface area contributed by atoms with Gasteiger partial charge in [0, 0.05) is 0 Å². The molecule has 0 bridgehead atoms. The van der Waals surface area contributed by atoms with E-state index in [1.165, 1.54) is 30.6 Å². The Morgan fingerprint density at radius 1 is 0.962 bits per heavy atom. The number of quaternary nitrogens is 1. The monoisotopic (exact) mass is 353 g/mol. The van der Waals surface area contributed by atoms with Gasteiger partial charge in [-0.3, -0.25) is 4.79 Å². The number of nitrogens with one attached hydrogen (secondary N) is 2. The van der Waals surface area contributed by atoms with Gasteiger partial charge in [-0.05, 0) is 48.9 Å². The molecule has 2 aromatic carbocycles. The van der Waals surface area contributed by atoms with Gasteiger partial charge < -0.3 is 15.0 Å². The summed E-state index contributed by atoms with van der Waals surface area (Å²) < 4.78 is 5.26. The molecule has 26 heavy (non-hydrogen) atoms. The van der Waals surface area contributed by atoms with E-state index in [-0.39, 0.29) is 11.9 Å². The van der Waals surface area contributed by atoms with Gasteiger partial charge in [0.1, 0.15) is 5.75 Å². The average Bonchev–Trinajstić information content (AvgIpc) is 2.95. The smallest absolute Gasteiger partial charge is 0.275 e. The van der Waals surface area contributed by atoms with E-state index in [0.29, 0.717) is 6.54 Å². The number of ether oxygens (including phenoxy) is 1. The van der Waals surface area contributed by atoms with Crippen LogP contribution in [0.15, 0.2) is 54.6 Å². The van der Waals surface area contributed by atoms with Crippen LogP contribution in [0.1, 0.15) is 42.9 Å². The fourth-order valence-corrected chi connectivity index (χ4v) is 3.65. The first-order valence-electron chi connectivity index (χ1n) is 9.58. The third-order valence-corrected chi connectivity index (χ3v) is 5.11. The van der Waals surface area contributed by atoms with Gasteiger partial charge in [-0.1, -0.05) is 42.5 Å². The van der Waals surface area contributed by atoms with Gasteiger partial charge in [-0.2, -0.15) is 0 Å². The quantitative estimate of drug-likeness (QED) is 0.837. The Balaban J connectivity index is 1.73. The van der Waals surface area contributed by atoms with Crippen LogP contribution < -0.4 is 15.0 Å². The Hall–Kier alpha value is -2.33. The molecule has 0 radical (unpaired) electrons. The predicted octanol–water partition coefficient (Wildman–Crippen LogP) is 2.36. The Bertz CT molecular complexity index is 677. The minimum atomic E-state index is -0.138. The van der Waals surface area contributed by atoms with Crippen LogP contribution in [0.4, 0.5) is 0 Å². The van der Waals surface area contributed by atoms with Crippen molar-refractivity contribution in [3.63, 3.8) is 0 Å². The third-order valence-electron chi connectivity index (χ3n) is 5.11. The Morgan fingerprint density at radius 2 is 1.58 bits per heavy atom. The number of likely N-dealkylation sites (tertiary alicyclic amines) is 1. The number of amides is 1. The second-order valence-electron chi connectivity index (χ2n) is 7.03. The van der Waals surface area contributed by atoms with Crippen LogP contribution in [0, 0.1) is 0 Å². The molecule has 0 aromatic heterocycles. The summed E-state index contributed by atoms with van der Waals surface area (Å²) in [6.07, 6.45) is 5.04. The van der Waals surface area contributed by atoms with E-state index in [4.69, 9.17) is 4.74 Å². The zero-order valence-corrected chi connectivity index (χ0v) is 15.5. The number of rotatable bonds is 6. The standard InChI is InChI=1S/C22H28N2O2/c1-26-20-13-11-19(12-14-20)22(18-9-5-4-6-10-18)23-21(25)17-24-15-7-2-3-8-16-24/h4-6,9-14,22H,2-3,7-8,15-17H2,1H3,(H,23,25)/p+1/t22-/m0/s1. The first-order chi connectivity index (χ1) is 12.8. The summed E-state index contributed by atoms with van der Waals surface area (Å²) in [6, 6.07) is 17.9. The van der Waals surface area contributed by atoms with Crippen molar-refractivity contribution < 1.29 is 14.4 Å². The lowest BCUT2D eigenvalue weighted by Gasteiger charge is -2.22. The number of hydrogen-bond acceptors (Lipinski definition) is 2. The summed E-state index contributed by atoms with van der Waals surface area (Å²) in [5.41, 5.74) is 2.16. The van der Waals surface area contributed by atoms with E-state index < -0.39 is 0 Å². The fourth-order valence-electron chi connectivity index (χ4n) is 3.65. The van der Waals surface area contributed by atoms with Crippen molar-refractivity contribution in [1.82, 2.24) is 5.32 Å². The first kappa shape index (κ1) is 18.5. The molecule has 1 aliphatic rings. The van der Waals surface area contributed by atoms with Crippen LogP contribution >= 0.6 is 0 Å². The molecule has 1 fully saturated rings. The van der Waals surface area contributed by atoms with Gasteiger partial charge >= 0.3 is 0 Å². The second kappa shape index (κ2) is 9.39. The molecule has 1 aliphatic heterocycles. The van der Waals surface area contributed by atoms with Crippen molar-refractivity contribution in [3.05, 3.63) is 65.7 Å². The van der Waals surface area contributed by atoms with Gasteiger partial charge in [-0.25, -0.2) is 0 Å². The Morgan fingerprint density at radius 3 is 2.19 bits per heavy atom. The summed E-state index contributed by atoms with van der Waals surface area (Å²) in [6.45, 7) is 2.76. The first-order valence-corrected chi connectivity index (χ1v) is 9.58. The van der Waals surface area contributed by atoms with Crippen molar-refractivity contribution in [2.24, 2.45) is 0 Å². The fraction of sp³-hybridized carbons (Fsp3) is 0.409. The highest BCUT2D eigenvalue weighted by molar-refractivity contribution is 5.78. The number of carbonyl (C=O) groups is 1. The molecule has 0 saturated carbocycles. The second-order valence-corrected chi connectivity index (χ2v) is 7.03. The SMILES string of the molecule is COc1ccc([C@@H](NC(=O)C[NH+]2CCCCCC2)c2ccccc2)cc1. The molecule has 138 valence electrons. The zero-order valence-electron chi connectivity index (χ0n) is 15.5. The summed E-state index contributed by atoms with van der Waals surface area (Å²) >= 11 is 0. The topological polar surface area (TPSA) is 42.8 Å². The van der Waals surface area contributed by atoms with Crippen LogP contribution in [0.3, 0.4) is 0 Å². The lowest BCUT2D eigenvalue weighted by molar-refractivity contribution is -0.891. The summed E-state index contributed by atoms with van der Waals surface area (Å²) in [4.78, 5) is 14.2. The molecule has 1 amide bonds. The van der Waals surface area contributed by atoms with Crippen molar-refractivity contribution in [3.8, 4) is 5.75 Å². The van der Waals surface area contributed by atoms with Crippen LogP contribution in [-0.4, -0.2) is 32.7 Å². The van der Waals surface area contributed by atoms with E-state index in [0.717, 1.165) is 30.0 Å². The number of hydrogen-bond donors (Lipinski definition) is 2. The third kappa shape index (κ3) is 5.09. The molecule has 0 aliphatic carbocycles. The molecular formula is C22H29N2O2+. The molecule has 0 unspecified atom stereocenters. The van der Waals surface area contributed by atoms with E-state index in [9.17, 15) is 4.79 Å². The van der Waals surface area contributed by atoms with Gasteiger partial charge in [0.25, 0.3) is 5.91 Å². The van der Waals surface area contributed by atoms with E-state index in [1.54, 1.807) is 7.11 Å². The number of carbonyl (C=O) groups excluding carboxylic acids is 1. The molecule has 1 saturated heterocycles. The molecule has 0 spiro atoms. The largest absolute Gasteiger partial charge is 0.497 e. The van der Waals surface area contributed by atoms with Crippen LogP contribution in [-0.2, 0) is 4.79 Å². The maximum atomic E-state index is 12.7. The maximum absolute atomic E-state index is 12.7. The summed E-state index contributed by atoms with van der Waals surface area (Å²) in [5.74, 6) is 0.937. The molecule has 1 atom stereocenters. The highest BCUT2D eigenvalue weighted by Crippen LogP contribution is 2.24. The average molecular weight is 353 g/mol. The maximum Gasteiger partial charge on any atom is 0.275 e. The lowest BCUT2D eigenvalue weighted by Crippen LogP contribution is -3.13. The molecule has 3 rings (SSSR count). The van der Waals surface area contributed by atoms with E-state index in [2.05, 4.69) is 17.4 Å². The molecule has 4 heteroatoms. The van der Waals surface area contributed by atoms with Gasteiger partial charge in [0.05, 0.1) is 26.2 Å². The summed E-state index contributed by atoms with van der Waals surface area (Å²) in [7, 11) is 1.66. The normalized spacial score (nSPS) is 16.5. The summed E-state index contributed by atoms with van der Waals surface area (Å²) in [5, 5.41) is 3.25. The highest BCUT2D eigenvalue weighted by Gasteiger charge is 2.21. The van der Waals surface area contributed by atoms with Crippen molar-refractivity contribution >= 4 is 5.91 Å². The van der Waals surface area contributed by atoms with Gasteiger partial charge in [-0.15, -0.1) is 0 Å². The van der Waals surface area contributed by atoms with Crippen LogP contribution in [0.5, 0.6) is 5.75 Å². The molecular weight excluding hydrogens is 324 g/mol. The Kier molecular flexibility index (Phi) is 6.67. The van der Waals surface area contributed by atoms with E-state index >= 15 is 0 Å². The molecule has 2 aromatic rings. The van der Waals surface area contributed by atoms with Gasteiger partial charge in [0.15, 0.2) is 6.54 Å². The molecule has 4 nitrogen and oxygen atoms in total.